The quantitative estimate of drug-likeness (QED) is 0.615. The monoisotopic (exact) mass is 179 g/mol. The summed E-state index contributed by atoms with van der Waals surface area (Å²) in [5, 5.41) is 0. The average Bonchev–Trinajstić information content (AvgIpc) is 2.17. The first-order chi connectivity index (χ1) is 5.90. The summed E-state index contributed by atoms with van der Waals surface area (Å²) in [7, 11) is 0. The Labute approximate surface area is 77.6 Å². The van der Waals surface area contributed by atoms with Crippen LogP contribution in [0.15, 0.2) is 17.2 Å². The maximum absolute atomic E-state index is 4.47. The third kappa shape index (κ3) is 1.48. The van der Waals surface area contributed by atoms with Gasteiger partial charge in [-0.05, 0) is 43.6 Å². The lowest BCUT2D eigenvalue weighted by molar-refractivity contribution is 0.664. The molecule has 0 unspecified atom stereocenters. The van der Waals surface area contributed by atoms with Gasteiger partial charge in [0.2, 0.25) is 0 Å². The molecule has 1 aliphatic rings. The lowest BCUT2D eigenvalue weighted by Crippen LogP contribution is -2.04. The highest BCUT2D eigenvalue weighted by Crippen LogP contribution is 2.23. The predicted molar refractivity (Wildman–Crippen MR) is 52.7 cm³/mol. The van der Waals surface area contributed by atoms with Crippen molar-refractivity contribution in [2.24, 2.45) is 0 Å². The van der Waals surface area contributed by atoms with E-state index in [2.05, 4.69) is 17.3 Å². The van der Waals surface area contributed by atoms with E-state index >= 15 is 0 Å². The Bertz CT molecular complexity index is 283. The highest BCUT2D eigenvalue weighted by molar-refractivity contribution is 7.98. The van der Waals surface area contributed by atoms with E-state index in [4.69, 9.17) is 0 Å². The van der Waals surface area contributed by atoms with Gasteiger partial charge in [0.05, 0.1) is 0 Å². The largest absolute Gasteiger partial charge is 0.260 e. The van der Waals surface area contributed by atoms with E-state index in [1.165, 1.54) is 41.8 Å². The van der Waals surface area contributed by atoms with Crippen LogP contribution in [0.3, 0.4) is 0 Å². The van der Waals surface area contributed by atoms with Crippen molar-refractivity contribution in [2.45, 2.75) is 30.6 Å². The lowest BCUT2D eigenvalue weighted by atomic mass is 9.96. The molecule has 0 aliphatic heterocycles. The van der Waals surface area contributed by atoms with Gasteiger partial charge in [-0.1, -0.05) is 0 Å². The molecule has 1 aliphatic carbocycles. The van der Waals surface area contributed by atoms with E-state index in [1.54, 1.807) is 11.8 Å². The number of rotatable bonds is 1. The van der Waals surface area contributed by atoms with Crippen LogP contribution < -0.4 is 0 Å². The summed E-state index contributed by atoms with van der Waals surface area (Å²) in [6, 6.07) is 2.30. The van der Waals surface area contributed by atoms with Crippen LogP contribution in [0.4, 0.5) is 0 Å². The smallest absolute Gasteiger partial charge is 0.0436 e. The van der Waals surface area contributed by atoms with Crippen molar-refractivity contribution in [3.8, 4) is 0 Å². The molecule has 0 saturated heterocycles. The van der Waals surface area contributed by atoms with Gasteiger partial charge in [0, 0.05) is 16.8 Å². The van der Waals surface area contributed by atoms with Crippen LogP contribution in [-0.4, -0.2) is 11.2 Å². The Hall–Kier alpha value is -0.500. The fraction of sp³-hybridized carbons (Fsp3) is 0.500. The van der Waals surface area contributed by atoms with E-state index in [-0.39, 0.29) is 0 Å². The van der Waals surface area contributed by atoms with E-state index in [9.17, 15) is 0 Å². The number of pyridine rings is 1. The van der Waals surface area contributed by atoms with Gasteiger partial charge in [0.15, 0.2) is 0 Å². The second-order valence-electron chi connectivity index (χ2n) is 3.19. The average molecular weight is 179 g/mol. The molecule has 12 heavy (non-hydrogen) atoms. The van der Waals surface area contributed by atoms with Crippen LogP contribution in [-0.2, 0) is 12.8 Å². The zero-order valence-corrected chi connectivity index (χ0v) is 8.16. The summed E-state index contributed by atoms with van der Waals surface area (Å²) in [5.74, 6) is 0. The van der Waals surface area contributed by atoms with Crippen molar-refractivity contribution in [1.82, 2.24) is 4.98 Å². The Morgan fingerprint density at radius 1 is 1.33 bits per heavy atom. The maximum atomic E-state index is 4.47. The summed E-state index contributed by atoms with van der Waals surface area (Å²) >= 11 is 1.78. The van der Waals surface area contributed by atoms with Crippen LogP contribution in [0, 0.1) is 0 Å². The molecule has 0 atom stereocenters. The highest BCUT2D eigenvalue weighted by Gasteiger charge is 2.09. The van der Waals surface area contributed by atoms with Gasteiger partial charge in [-0.15, -0.1) is 11.8 Å². The second kappa shape index (κ2) is 3.48. The van der Waals surface area contributed by atoms with Crippen molar-refractivity contribution in [1.29, 1.82) is 0 Å². The fourth-order valence-corrected chi connectivity index (χ4v) is 2.10. The predicted octanol–water partition coefficient (Wildman–Crippen LogP) is 2.68. The van der Waals surface area contributed by atoms with Gasteiger partial charge in [-0.2, -0.15) is 0 Å². The Morgan fingerprint density at radius 2 is 2.17 bits per heavy atom. The van der Waals surface area contributed by atoms with Crippen molar-refractivity contribution in [3.63, 3.8) is 0 Å². The van der Waals surface area contributed by atoms with Gasteiger partial charge >= 0.3 is 0 Å². The molecule has 2 heteroatoms. The molecule has 0 radical (unpaired) electrons. The highest BCUT2D eigenvalue weighted by atomic mass is 32.2. The molecule has 0 saturated carbocycles. The van der Waals surface area contributed by atoms with Gasteiger partial charge in [0.25, 0.3) is 0 Å². The molecule has 64 valence electrons. The van der Waals surface area contributed by atoms with E-state index in [0.29, 0.717) is 0 Å². The summed E-state index contributed by atoms with van der Waals surface area (Å²) in [5.41, 5.74) is 2.81. The number of fused-ring (bicyclic) bond motifs is 1. The van der Waals surface area contributed by atoms with Gasteiger partial charge in [-0.25, -0.2) is 0 Å². The maximum Gasteiger partial charge on any atom is 0.0436 e. The molecule has 1 nitrogen and oxygen atoms in total. The number of hydrogen-bond acceptors (Lipinski definition) is 2. The first-order valence-corrected chi connectivity index (χ1v) is 5.64. The molecule has 1 aromatic heterocycles. The lowest BCUT2D eigenvalue weighted by Gasteiger charge is -2.14. The molecule has 0 fully saturated rings. The number of nitrogens with zero attached hydrogens (tertiary/aromatic N) is 1. The minimum Gasteiger partial charge on any atom is -0.260 e. The second-order valence-corrected chi connectivity index (χ2v) is 4.07. The number of aromatic nitrogens is 1. The van der Waals surface area contributed by atoms with Crippen LogP contribution in [0.1, 0.15) is 24.1 Å². The SMILES string of the molecule is CSc1cnc2c(c1)CCCC2. The van der Waals surface area contributed by atoms with Crippen LogP contribution in [0.5, 0.6) is 0 Å². The van der Waals surface area contributed by atoms with Crippen LogP contribution in [0.2, 0.25) is 0 Å². The Morgan fingerprint density at radius 3 is 3.00 bits per heavy atom. The summed E-state index contributed by atoms with van der Waals surface area (Å²) in [6.07, 6.45) is 9.17. The Balaban J connectivity index is 2.36. The van der Waals surface area contributed by atoms with Crippen molar-refractivity contribution in [3.05, 3.63) is 23.5 Å². The zero-order valence-electron chi connectivity index (χ0n) is 7.34. The van der Waals surface area contributed by atoms with Gasteiger partial charge < -0.3 is 0 Å². The van der Waals surface area contributed by atoms with Crippen LogP contribution in [0.25, 0.3) is 0 Å². The molecule has 1 heterocycles. The van der Waals surface area contributed by atoms with E-state index < -0.39 is 0 Å². The topological polar surface area (TPSA) is 12.9 Å². The minimum atomic E-state index is 1.18. The molecule has 0 spiro atoms. The Kier molecular flexibility index (Phi) is 2.35. The third-order valence-electron chi connectivity index (χ3n) is 2.38. The van der Waals surface area contributed by atoms with Gasteiger partial charge in [-0.3, -0.25) is 4.98 Å². The van der Waals surface area contributed by atoms with E-state index in [1.807, 2.05) is 6.20 Å². The van der Waals surface area contributed by atoms with E-state index in [0.717, 1.165) is 0 Å². The number of thioether (sulfide) groups is 1. The van der Waals surface area contributed by atoms with Crippen molar-refractivity contribution < 1.29 is 0 Å². The number of hydrogen-bond donors (Lipinski definition) is 0. The molecule has 0 bridgehead atoms. The fourth-order valence-electron chi connectivity index (χ4n) is 1.68. The van der Waals surface area contributed by atoms with Gasteiger partial charge in [0.1, 0.15) is 0 Å². The van der Waals surface area contributed by atoms with Crippen molar-refractivity contribution >= 4 is 11.8 Å². The molecule has 0 N–H and O–H groups in total. The normalized spacial score (nSPS) is 15.8. The molecular formula is C10H13NS. The third-order valence-corrected chi connectivity index (χ3v) is 3.07. The van der Waals surface area contributed by atoms with Crippen molar-refractivity contribution in [2.75, 3.05) is 6.26 Å². The molecule has 0 aromatic carbocycles. The standard InChI is InChI=1S/C10H13NS/c1-12-9-6-8-4-2-3-5-10(8)11-7-9/h6-7H,2-5H2,1H3. The summed E-state index contributed by atoms with van der Waals surface area (Å²) in [4.78, 5) is 5.77. The van der Waals surface area contributed by atoms with Crippen LogP contribution >= 0.6 is 11.8 Å². The first-order valence-electron chi connectivity index (χ1n) is 4.42. The molecule has 1 aromatic rings. The summed E-state index contributed by atoms with van der Waals surface area (Å²) in [6.45, 7) is 0. The zero-order chi connectivity index (χ0) is 8.39. The molecular weight excluding hydrogens is 166 g/mol. The molecule has 0 amide bonds. The summed E-state index contributed by atoms with van der Waals surface area (Å²) < 4.78 is 0. The minimum absolute atomic E-state index is 1.18. The first kappa shape index (κ1) is 8.11. The molecule has 2 rings (SSSR count). The number of aryl methyl sites for hydroxylation is 2.